The largest absolute Gasteiger partial charge is 0.466 e. The van der Waals surface area contributed by atoms with E-state index in [0.29, 0.717) is 6.54 Å². The van der Waals surface area contributed by atoms with Crippen molar-refractivity contribution in [3.63, 3.8) is 0 Å². The third-order valence-corrected chi connectivity index (χ3v) is 3.34. The maximum Gasteiger partial charge on any atom is 0.330 e. The molecule has 0 aromatic carbocycles. The fourth-order valence-electron chi connectivity index (χ4n) is 2.12. The molecule has 21 heavy (non-hydrogen) atoms. The molecule has 0 saturated carbocycles. The summed E-state index contributed by atoms with van der Waals surface area (Å²) in [6.07, 6.45) is 6.80. The zero-order valence-electron chi connectivity index (χ0n) is 12.5. The summed E-state index contributed by atoms with van der Waals surface area (Å²) in [5.41, 5.74) is 1.89. The smallest absolute Gasteiger partial charge is 0.330 e. The summed E-state index contributed by atoms with van der Waals surface area (Å²) in [7, 11) is 1.36. The maximum atomic E-state index is 11.2. The lowest BCUT2D eigenvalue weighted by molar-refractivity contribution is -0.134. The standard InChI is InChI=1S/C16H20N2O3/c1-12-14(7-8-16(19)20-3)10-18(13(2)21-12)11-15-6-4-5-9-17-15/h4-10,12-13H,11H2,1-3H3/b8-7+/t12-,13-/m1/s1. The van der Waals surface area contributed by atoms with Crippen LogP contribution in [-0.4, -0.2) is 35.3 Å². The van der Waals surface area contributed by atoms with Crippen LogP contribution in [-0.2, 0) is 20.8 Å². The average Bonchev–Trinajstić information content (AvgIpc) is 2.49. The molecule has 5 nitrogen and oxygen atoms in total. The zero-order chi connectivity index (χ0) is 15.2. The first-order valence-electron chi connectivity index (χ1n) is 6.89. The molecule has 2 atom stereocenters. The fraction of sp³-hybridized carbons (Fsp3) is 0.375. The Kier molecular flexibility index (Phi) is 5.11. The van der Waals surface area contributed by atoms with Crippen LogP contribution in [0.15, 0.2) is 48.3 Å². The van der Waals surface area contributed by atoms with Crippen molar-refractivity contribution < 1.29 is 14.3 Å². The van der Waals surface area contributed by atoms with Crippen molar-refractivity contribution in [1.29, 1.82) is 0 Å². The molecule has 2 heterocycles. The molecule has 0 radical (unpaired) electrons. The molecule has 0 unspecified atom stereocenters. The van der Waals surface area contributed by atoms with Gasteiger partial charge in [-0.2, -0.15) is 0 Å². The van der Waals surface area contributed by atoms with Crippen LogP contribution in [0.25, 0.3) is 0 Å². The number of hydrogen-bond acceptors (Lipinski definition) is 5. The SMILES string of the molecule is COC(=O)/C=C/C1=CN(Cc2ccccn2)[C@@H](C)O[C@@H]1C. The number of aromatic nitrogens is 1. The van der Waals surface area contributed by atoms with Crippen LogP contribution in [0, 0.1) is 0 Å². The fourth-order valence-corrected chi connectivity index (χ4v) is 2.12. The van der Waals surface area contributed by atoms with Crippen molar-refractivity contribution in [2.24, 2.45) is 0 Å². The number of esters is 1. The van der Waals surface area contributed by atoms with E-state index in [0.717, 1.165) is 11.3 Å². The molecule has 2 rings (SSSR count). The van der Waals surface area contributed by atoms with Gasteiger partial charge in [-0.15, -0.1) is 0 Å². The summed E-state index contributed by atoms with van der Waals surface area (Å²) in [6.45, 7) is 4.61. The molecule has 1 aliphatic heterocycles. The van der Waals surface area contributed by atoms with E-state index in [1.165, 1.54) is 13.2 Å². The predicted molar refractivity (Wildman–Crippen MR) is 79.0 cm³/mol. The summed E-state index contributed by atoms with van der Waals surface area (Å²) in [5, 5.41) is 0. The van der Waals surface area contributed by atoms with E-state index in [2.05, 4.69) is 14.6 Å². The minimum absolute atomic E-state index is 0.0442. The Morgan fingerprint density at radius 3 is 2.95 bits per heavy atom. The summed E-state index contributed by atoms with van der Waals surface area (Å²) >= 11 is 0. The third-order valence-electron chi connectivity index (χ3n) is 3.34. The van der Waals surface area contributed by atoms with E-state index in [1.807, 2.05) is 38.2 Å². The summed E-state index contributed by atoms with van der Waals surface area (Å²) in [4.78, 5) is 17.6. The molecule has 1 aliphatic rings. The van der Waals surface area contributed by atoms with Crippen molar-refractivity contribution in [2.75, 3.05) is 7.11 Å². The van der Waals surface area contributed by atoms with Crippen LogP contribution in [0.5, 0.6) is 0 Å². The first-order chi connectivity index (χ1) is 10.1. The molecule has 0 N–H and O–H groups in total. The highest BCUT2D eigenvalue weighted by Crippen LogP contribution is 2.22. The van der Waals surface area contributed by atoms with Crippen molar-refractivity contribution in [3.05, 3.63) is 54.0 Å². The maximum absolute atomic E-state index is 11.2. The molecule has 112 valence electrons. The number of methoxy groups -OCH3 is 1. The second kappa shape index (κ2) is 7.04. The Morgan fingerprint density at radius 2 is 2.29 bits per heavy atom. The first-order valence-corrected chi connectivity index (χ1v) is 6.89. The number of carbonyl (C=O) groups is 1. The molecular weight excluding hydrogens is 268 g/mol. The monoisotopic (exact) mass is 288 g/mol. The normalized spacial score (nSPS) is 22.2. The number of pyridine rings is 1. The second-order valence-electron chi connectivity index (χ2n) is 4.86. The summed E-state index contributed by atoms with van der Waals surface area (Å²) < 4.78 is 10.5. The van der Waals surface area contributed by atoms with Gasteiger partial charge in [0, 0.05) is 18.5 Å². The molecular formula is C16H20N2O3. The van der Waals surface area contributed by atoms with Crippen LogP contribution >= 0.6 is 0 Å². The number of carbonyl (C=O) groups excluding carboxylic acids is 1. The molecule has 0 aliphatic carbocycles. The number of nitrogens with zero attached hydrogens (tertiary/aromatic N) is 2. The van der Waals surface area contributed by atoms with Crippen molar-refractivity contribution in [2.45, 2.75) is 32.7 Å². The minimum atomic E-state index is -0.377. The number of ether oxygens (including phenoxy) is 2. The molecule has 5 heteroatoms. The van der Waals surface area contributed by atoms with Gasteiger partial charge in [-0.3, -0.25) is 4.98 Å². The van der Waals surface area contributed by atoms with Gasteiger partial charge >= 0.3 is 5.97 Å². The van der Waals surface area contributed by atoms with Gasteiger partial charge in [0.05, 0.1) is 25.5 Å². The van der Waals surface area contributed by atoms with Crippen LogP contribution < -0.4 is 0 Å². The highest BCUT2D eigenvalue weighted by Gasteiger charge is 2.23. The van der Waals surface area contributed by atoms with Gasteiger partial charge in [-0.25, -0.2) is 4.79 Å². The number of hydrogen-bond donors (Lipinski definition) is 0. The Hall–Kier alpha value is -2.14. The Bertz CT molecular complexity index is 540. The van der Waals surface area contributed by atoms with E-state index in [1.54, 1.807) is 12.3 Å². The Labute approximate surface area is 124 Å². The first kappa shape index (κ1) is 15.3. The zero-order valence-corrected chi connectivity index (χ0v) is 12.5. The van der Waals surface area contributed by atoms with Gasteiger partial charge in [-0.1, -0.05) is 6.07 Å². The van der Waals surface area contributed by atoms with Gasteiger partial charge in [0.15, 0.2) is 0 Å². The second-order valence-corrected chi connectivity index (χ2v) is 4.86. The van der Waals surface area contributed by atoms with Crippen molar-refractivity contribution >= 4 is 5.97 Å². The lowest BCUT2D eigenvalue weighted by atomic mass is 10.1. The van der Waals surface area contributed by atoms with Crippen LogP contribution in [0.2, 0.25) is 0 Å². The van der Waals surface area contributed by atoms with Crippen molar-refractivity contribution in [1.82, 2.24) is 9.88 Å². The van der Waals surface area contributed by atoms with E-state index in [-0.39, 0.29) is 18.3 Å². The van der Waals surface area contributed by atoms with Crippen LogP contribution in [0.4, 0.5) is 0 Å². The van der Waals surface area contributed by atoms with Gasteiger partial charge in [-0.05, 0) is 37.6 Å². The highest BCUT2D eigenvalue weighted by atomic mass is 16.5. The summed E-state index contributed by atoms with van der Waals surface area (Å²) in [6, 6.07) is 5.83. The third kappa shape index (κ3) is 4.16. The molecule has 0 fully saturated rings. The quantitative estimate of drug-likeness (QED) is 0.628. The lowest BCUT2D eigenvalue weighted by Gasteiger charge is -2.35. The molecule has 0 saturated heterocycles. The number of rotatable bonds is 4. The van der Waals surface area contributed by atoms with Crippen molar-refractivity contribution in [3.8, 4) is 0 Å². The van der Waals surface area contributed by atoms with E-state index in [9.17, 15) is 4.79 Å². The molecule has 1 aromatic rings. The van der Waals surface area contributed by atoms with Crippen LogP contribution in [0.3, 0.4) is 0 Å². The Morgan fingerprint density at radius 1 is 1.48 bits per heavy atom. The van der Waals surface area contributed by atoms with Gasteiger partial charge in [0.25, 0.3) is 0 Å². The topological polar surface area (TPSA) is 51.7 Å². The molecule has 0 spiro atoms. The van der Waals surface area contributed by atoms with E-state index >= 15 is 0 Å². The van der Waals surface area contributed by atoms with E-state index in [4.69, 9.17) is 4.74 Å². The molecule has 1 aromatic heterocycles. The van der Waals surface area contributed by atoms with Crippen LogP contribution in [0.1, 0.15) is 19.5 Å². The average molecular weight is 288 g/mol. The molecule has 0 amide bonds. The minimum Gasteiger partial charge on any atom is -0.466 e. The molecule has 0 bridgehead atoms. The predicted octanol–water partition coefficient (Wildman–Crippen LogP) is 2.26. The highest BCUT2D eigenvalue weighted by molar-refractivity contribution is 5.82. The summed E-state index contributed by atoms with van der Waals surface area (Å²) in [5.74, 6) is -0.377. The van der Waals surface area contributed by atoms with Gasteiger partial charge in [0.1, 0.15) is 6.23 Å². The Balaban J connectivity index is 2.14. The van der Waals surface area contributed by atoms with Gasteiger partial charge < -0.3 is 14.4 Å². The van der Waals surface area contributed by atoms with Gasteiger partial charge in [0.2, 0.25) is 0 Å². The van der Waals surface area contributed by atoms with E-state index < -0.39 is 0 Å². The lowest BCUT2D eigenvalue weighted by Crippen LogP contribution is -2.38.